The molecule has 1 aromatic carbocycles. The van der Waals surface area contributed by atoms with Gasteiger partial charge in [0.1, 0.15) is 11.3 Å². The summed E-state index contributed by atoms with van der Waals surface area (Å²) in [5.74, 6) is -0.477. The van der Waals surface area contributed by atoms with Crippen molar-refractivity contribution in [1.82, 2.24) is 15.4 Å². The molecule has 0 amide bonds. The molecule has 0 aliphatic rings. The highest BCUT2D eigenvalue weighted by molar-refractivity contribution is 14.1. The van der Waals surface area contributed by atoms with Gasteiger partial charge in [-0.2, -0.15) is 10.3 Å². The van der Waals surface area contributed by atoms with Gasteiger partial charge in [0.15, 0.2) is 5.69 Å². The number of halogens is 1. The standard InChI is InChI=1S/C13H14IN3O2/c1-13(2,3)19-12(18)11-10(15-17-16-11)8-4-6-9(14)7-5-8/h4-7H,1-3H3,(H,15,16,17). The molecule has 0 spiro atoms. The second-order valence-corrected chi connectivity index (χ2v) is 6.28. The molecule has 2 aromatic rings. The van der Waals surface area contributed by atoms with Gasteiger partial charge in [-0.25, -0.2) is 4.79 Å². The number of nitrogens with one attached hydrogen (secondary N) is 1. The molecule has 5 nitrogen and oxygen atoms in total. The summed E-state index contributed by atoms with van der Waals surface area (Å²) in [5.41, 5.74) is 0.983. The van der Waals surface area contributed by atoms with Crippen LogP contribution < -0.4 is 0 Å². The Morgan fingerprint density at radius 2 is 1.84 bits per heavy atom. The molecule has 0 atom stereocenters. The molecule has 0 radical (unpaired) electrons. The molecule has 1 aromatic heterocycles. The first-order chi connectivity index (χ1) is 8.87. The first kappa shape index (κ1) is 14.0. The predicted molar refractivity (Wildman–Crippen MR) is 79.7 cm³/mol. The molecule has 6 heteroatoms. The third-order valence-corrected chi connectivity index (χ3v) is 2.98. The third kappa shape index (κ3) is 3.52. The second-order valence-electron chi connectivity index (χ2n) is 5.03. The molecule has 0 aliphatic carbocycles. The Balaban J connectivity index is 2.32. The van der Waals surface area contributed by atoms with E-state index in [0.29, 0.717) is 5.69 Å². The second kappa shape index (κ2) is 5.28. The number of benzene rings is 1. The lowest BCUT2D eigenvalue weighted by molar-refractivity contribution is 0.00637. The number of aromatic amines is 1. The van der Waals surface area contributed by atoms with E-state index in [1.807, 2.05) is 45.0 Å². The maximum atomic E-state index is 12.0. The molecule has 1 heterocycles. The van der Waals surface area contributed by atoms with E-state index in [9.17, 15) is 4.79 Å². The van der Waals surface area contributed by atoms with Gasteiger partial charge in [0.2, 0.25) is 0 Å². The van der Waals surface area contributed by atoms with E-state index in [2.05, 4.69) is 38.0 Å². The van der Waals surface area contributed by atoms with Crippen LogP contribution in [-0.4, -0.2) is 27.0 Å². The molecule has 0 bridgehead atoms. The molecule has 0 unspecified atom stereocenters. The van der Waals surface area contributed by atoms with Crippen LogP contribution in [0.2, 0.25) is 0 Å². The number of rotatable bonds is 2. The summed E-state index contributed by atoms with van der Waals surface area (Å²) in [6.07, 6.45) is 0. The number of H-pyrrole nitrogens is 1. The van der Waals surface area contributed by atoms with Crippen molar-refractivity contribution in [1.29, 1.82) is 0 Å². The lowest BCUT2D eigenvalue weighted by Crippen LogP contribution is -2.24. The Morgan fingerprint density at radius 3 is 2.42 bits per heavy atom. The monoisotopic (exact) mass is 371 g/mol. The van der Waals surface area contributed by atoms with Crippen LogP contribution in [0.4, 0.5) is 0 Å². The van der Waals surface area contributed by atoms with Crippen molar-refractivity contribution in [3.05, 3.63) is 33.5 Å². The van der Waals surface area contributed by atoms with Gasteiger partial charge in [-0.3, -0.25) is 0 Å². The van der Waals surface area contributed by atoms with Crippen LogP contribution in [-0.2, 0) is 4.74 Å². The van der Waals surface area contributed by atoms with Gasteiger partial charge in [-0.1, -0.05) is 12.1 Å². The van der Waals surface area contributed by atoms with Crippen LogP contribution in [0.25, 0.3) is 11.3 Å². The Morgan fingerprint density at radius 1 is 1.21 bits per heavy atom. The van der Waals surface area contributed by atoms with Gasteiger partial charge in [0.05, 0.1) is 0 Å². The Bertz CT molecular complexity index is 585. The number of carbonyl (C=O) groups excluding carboxylic acids is 1. The number of hydrogen-bond donors (Lipinski definition) is 1. The fraction of sp³-hybridized carbons (Fsp3) is 0.308. The Labute approximate surface area is 124 Å². The molecule has 100 valence electrons. The number of ether oxygens (including phenoxy) is 1. The molecule has 19 heavy (non-hydrogen) atoms. The molecule has 2 rings (SSSR count). The van der Waals surface area contributed by atoms with Gasteiger partial charge >= 0.3 is 5.97 Å². The van der Waals surface area contributed by atoms with Crippen molar-refractivity contribution in [2.75, 3.05) is 0 Å². The first-order valence-electron chi connectivity index (χ1n) is 5.77. The fourth-order valence-corrected chi connectivity index (χ4v) is 1.87. The van der Waals surface area contributed by atoms with E-state index in [1.165, 1.54) is 0 Å². The highest BCUT2D eigenvalue weighted by atomic mass is 127. The summed E-state index contributed by atoms with van der Waals surface area (Å²) in [5, 5.41) is 10.4. The number of carbonyl (C=O) groups is 1. The van der Waals surface area contributed by atoms with E-state index in [-0.39, 0.29) is 5.69 Å². The zero-order valence-electron chi connectivity index (χ0n) is 10.9. The van der Waals surface area contributed by atoms with Gasteiger partial charge in [-0.05, 0) is 55.5 Å². The third-order valence-electron chi connectivity index (χ3n) is 2.26. The summed E-state index contributed by atoms with van der Waals surface area (Å²) in [6.45, 7) is 5.45. The van der Waals surface area contributed by atoms with E-state index in [1.54, 1.807) is 0 Å². The topological polar surface area (TPSA) is 67.9 Å². The minimum Gasteiger partial charge on any atom is -0.455 e. The largest absolute Gasteiger partial charge is 0.455 e. The van der Waals surface area contributed by atoms with E-state index in [0.717, 1.165) is 9.13 Å². The zero-order chi connectivity index (χ0) is 14.0. The zero-order valence-corrected chi connectivity index (χ0v) is 13.1. The van der Waals surface area contributed by atoms with Crippen LogP contribution in [0.5, 0.6) is 0 Å². The molecular weight excluding hydrogens is 357 g/mol. The number of esters is 1. The van der Waals surface area contributed by atoms with E-state index >= 15 is 0 Å². The molecule has 0 saturated carbocycles. The minimum atomic E-state index is -0.556. The van der Waals surface area contributed by atoms with Gasteiger partial charge in [0.25, 0.3) is 0 Å². The number of aromatic nitrogens is 3. The van der Waals surface area contributed by atoms with Crippen LogP contribution >= 0.6 is 22.6 Å². The van der Waals surface area contributed by atoms with Crippen molar-refractivity contribution < 1.29 is 9.53 Å². The maximum absolute atomic E-state index is 12.0. The Kier molecular flexibility index (Phi) is 3.88. The highest BCUT2D eigenvalue weighted by Gasteiger charge is 2.24. The lowest BCUT2D eigenvalue weighted by Gasteiger charge is -2.18. The number of hydrogen-bond acceptors (Lipinski definition) is 4. The van der Waals surface area contributed by atoms with Gasteiger partial charge < -0.3 is 4.74 Å². The fourth-order valence-electron chi connectivity index (χ4n) is 1.51. The van der Waals surface area contributed by atoms with Crippen molar-refractivity contribution in [2.24, 2.45) is 0 Å². The Hall–Kier alpha value is -1.44. The first-order valence-corrected chi connectivity index (χ1v) is 6.85. The van der Waals surface area contributed by atoms with Gasteiger partial charge in [0, 0.05) is 9.13 Å². The van der Waals surface area contributed by atoms with E-state index in [4.69, 9.17) is 4.74 Å². The average Bonchev–Trinajstić information content (AvgIpc) is 2.76. The molecule has 0 saturated heterocycles. The average molecular weight is 371 g/mol. The normalized spacial score (nSPS) is 11.4. The summed E-state index contributed by atoms with van der Waals surface area (Å²) in [6, 6.07) is 7.69. The molecular formula is C13H14IN3O2. The van der Waals surface area contributed by atoms with Crippen LogP contribution in [0.1, 0.15) is 31.3 Å². The van der Waals surface area contributed by atoms with Crippen LogP contribution in [0.15, 0.2) is 24.3 Å². The van der Waals surface area contributed by atoms with Crippen LogP contribution in [0.3, 0.4) is 0 Å². The van der Waals surface area contributed by atoms with Crippen molar-refractivity contribution in [3.63, 3.8) is 0 Å². The SMILES string of the molecule is CC(C)(C)OC(=O)c1n[nH]nc1-c1ccc(I)cc1. The summed E-state index contributed by atoms with van der Waals surface area (Å²) < 4.78 is 6.42. The minimum absolute atomic E-state index is 0.205. The highest BCUT2D eigenvalue weighted by Crippen LogP contribution is 2.22. The number of nitrogens with zero attached hydrogens (tertiary/aromatic N) is 2. The summed E-state index contributed by atoms with van der Waals surface area (Å²) >= 11 is 2.22. The predicted octanol–water partition coefficient (Wildman–Crippen LogP) is 3.03. The van der Waals surface area contributed by atoms with Crippen molar-refractivity contribution in [3.8, 4) is 11.3 Å². The quantitative estimate of drug-likeness (QED) is 0.651. The van der Waals surface area contributed by atoms with Crippen molar-refractivity contribution in [2.45, 2.75) is 26.4 Å². The van der Waals surface area contributed by atoms with Crippen molar-refractivity contribution >= 4 is 28.6 Å². The molecule has 1 N–H and O–H groups in total. The van der Waals surface area contributed by atoms with Crippen LogP contribution in [0, 0.1) is 3.57 Å². The lowest BCUT2D eigenvalue weighted by atomic mass is 10.1. The van der Waals surface area contributed by atoms with E-state index < -0.39 is 11.6 Å². The van der Waals surface area contributed by atoms with Gasteiger partial charge in [-0.15, -0.1) is 5.10 Å². The maximum Gasteiger partial charge on any atom is 0.361 e. The summed E-state index contributed by atoms with van der Waals surface area (Å²) in [7, 11) is 0. The molecule has 0 fully saturated rings. The smallest absolute Gasteiger partial charge is 0.361 e. The molecule has 0 aliphatic heterocycles. The summed E-state index contributed by atoms with van der Waals surface area (Å²) in [4.78, 5) is 12.0.